The molecule has 0 aromatic carbocycles. The van der Waals surface area contributed by atoms with Crippen molar-refractivity contribution in [2.75, 3.05) is 0 Å². The van der Waals surface area contributed by atoms with Crippen LogP contribution in [0.4, 0.5) is 0 Å². The van der Waals surface area contributed by atoms with Gasteiger partial charge in [-0.1, -0.05) is 25.5 Å². The molecule has 15 heavy (non-hydrogen) atoms. The molecular formula is C14H23N. The number of hydrogen-bond donors (Lipinski definition) is 0. The summed E-state index contributed by atoms with van der Waals surface area (Å²) in [6.07, 6.45) is 8.18. The molecule has 3 aliphatic rings. The highest BCUT2D eigenvalue weighted by Crippen LogP contribution is 2.45. The van der Waals surface area contributed by atoms with E-state index < -0.39 is 0 Å². The van der Waals surface area contributed by atoms with Gasteiger partial charge in [-0.15, -0.1) is 0 Å². The Morgan fingerprint density at radius 2 is 1.87 bits per heavy atom. The zero-order valence-corrected chi connectivity index (χ0v) is 10.2. The van der Waals surface area contributed by atoms with Crippen LogP contribution in [0.3, 0.4) is 0 Å². The van der Waals surface area contributed by atoms with Gasteiger partial charge in [0.2, 0.25) is 0 Å². The fourth-order valence-electron chi connectivity index (χ4n) is 4.35. The van der Waals surface area contributed by atoms with Crippen LogP contribution < -0.4 is 0 Å². The molecule has 0 saturated carbocycles. The summed E-state index contributed by atoms with van der Waals surface area (Å²) < 4.78 is 0. The maximum atomic E-state index is 2.87. The SMILES string of the molecule is CC1=CC2CCC3C(C)CC(C)C(C1)N23. The molecular weight excluding hydrogens is 182 g/mol. The van der Waals surface area contributed by atoms with Gasteiger partial charge in [0, 0.05) is 18.1 Å². The molecule has 0 N–H and O–H groups in total. The average Bonchev–Trinajstić information content (AvgIpc) is 2.58. The molecule has 1 nitrogen and oxygen atoms in total. The van der Waals surface area contributed by atoms with Crippen molar-refractivity contribution in [2.45, 2.75) is 64.6 Å². The molecule has 0 bridgehead atoms. The minimum atomic E-state index is 0.791. The van der Waals surface area contributed by atoms with Crippen LogP contribution in [0.15, 0.2) is 11.6 Å². The van der Waals surface area contributed by atoms with Crippen LogP contribution in [0.1, 0.15) is 46.5 Å². The van der Waals surface area contributed by atoms with E-state index in [4.69, 9.17) is 0 Å². The van der Waals surface area contributed by atoms with Crippen LogP contribution in [0.25, 0.3) is 0 Å². The van der Waals surface area contributed by atoms with Crippen molar-refractivity contribution in [2.24, 2.45) is 11.8 Å². The Labute approximate surface area is 93.5 Å². The van der Waals surface area contributed by atoms with E-state index in [1.165, 1.54) is 25.7 Å². The van der Waals surface area contributed by atoms with Crippen molar-refractivity contribution in [1.29, 1.82) is 0 Å². The lowest BCUT2D eigenvalue weighted by Gasteiger charge is -2.49. The summed E-state index contributed by atoms with van der Waals surface area (Å²) in [7, 11) is 0. The molecule has 3 rings (SSSR count). The lowest BCUT2D eigenvalue weighted by Crippen LogP contribution is -2.54. The number of rotatable bonds is 0. The smallest absolute Gasteiger partial charge is 0.0287 e. The van der Waals surface area contributed by atoms with E-state index in [1.54, 1.807) is 5.57 Å². The maximum absolute atomic E-state index is 2.87. The van der Waals surface area contributed by atoms with E-state index in [9.17, 15) is 0 Å². The number of piperidine rings is 1. The third-order valence-electron chi connectivity index (χ3n) is 4.97. The lowest BCUT2D eigenvalue weighted by molar-refractivity contribution is 0.0174. The minimum Gasteiger partial charge on any atom is -0.290 e. The quantitative estimate of drug-likeness (QED) is 0.549. The molecule has 1 heteroatoms. The van der Waals surface area contributed by atoms with E-state index in [0.29, 0.717) is 0 Å². The van der Waals surface area contributed by atoms with Crippen molar-refractivity contribution < 1.29 is 0 Å². The van der Waals surface area contributed by atoms with Gasteiger partial charge in [0.15, 0.2) is 0 Å². The first kappa shape index (κ1) is 9.89. The van der Waals surface area contributed by atoms with Gasteiger partial charge in [-0.25, -0.2) is 0 Å². The second-order valence-corrected chi connectivity index (χ2v) is 6.13. The fraction of sp³-hybridized carbons (Fsp3) is 0.857. The van der Waals surface area contributed by atoms with Crippen LogP contribution in [0, 0.1) is 11.8 Å². The molecule has 3 heterocycles. The first-order valence-corrected chi connectivity index (χ1v) is 6.61. The zero-order valence-electron chi connectivity index (χ0n) is 10.2. The average molecular weight is 205 g/mol. The Morgan fingerprint density at radius 3 is 2.67 bits per heavy atom. The summed E-state index contributed by atoms with van der Waals surface area (Å²) in [6.45, 7) is 7.26. The number of nitrogens with zero attached hydrogens (tertiary/aromatic N) is 1. The highest BCUT2D eigenvalue weighted by molar-refractivity contribution is 5.18. The first-order chi connectivity index (χ1) is 7.16. The third kappa shape index (κ3) is 1.39. The predicted molar refractivity (Wildman–Crippen MR) is 63.8 cm³/mol. The van der Waals surface area contributed by atoms with Gasteiger partial charge in [-0.05, 0) is 44.4 Å². The van der Waals surface area contributed by atoms with Gasteiger partial charge in [-0.2, -0.15) is 0 Å². The summed E-state index contributed by atoms with van der Waals surface area (Å²) in [6, 6.07) is 2.56. The van der Waals surface area contributed by atoms with Crippen LogP contribution in [0.5, 0.6) is 0 Å². The van der Waals surface area contributed by atoms with E-state index in [1.807, 2.05) is 0 Å². The summed E-state index contributed by atoms with van der Waals surface area (Å²) in [5, 5.41) is 0. The Balaban J connectivity index is 1.95. The maximum Gasteiger partial charge on any atom is 0.0287 e. The Kier molecular flexibility index (Phi) is 2.21. The molecule has 2 fully saturated rings. The second-order valence-electron chi connectivity index (χ2n) is 6.13. The summed E-state index contributed by atoms with van der Waals surface area (Å²) >= 11 is 0. The molecule has 0 radical (unpaired) electrons. The van der Waals surface area contributed by atoms with E-state index in [-0.39, 0.29) is 0 Å². The number of hydrogen-bond acceptors (Lipinski definition) is 1. The molecule has 0 aliphatic carbocycles. The normalized spacial score (nSPS) is 50.1. The van der Waals surface area contributed by atoms with Gasteiger partial charge in [0.1, 0.15) is 0 Å². The van der Waals surface area contributed by atoms with Gasteiger partial charge in [-0.3, -0.25) is 4.90 Å². The van der Waals surface area contributed by atoms with Crippen molar-refractivity contribution >= 4 is 0 Å². The fourth-order valence-corrected chi connectivity index (χ4v) is 4.35. The Morgan fingerprint density at radius 1 is 1.13 bits per heavy atom. The van der Waals surface area contributed by atoms with Gasteiger partial charge in [0.25, 0.3) is 0 Å². The van der Waals surface area contributed by atoms with Crippen molar-refractivity contribution in [3.05, 3.63) is 11.6 Å². The second kappa shape index (κ2) is 3.35. The summed E-state index contributed by atoms with van der Waals surface area (Å²) in [4.78, 5) is 2.87. The van der Waals surface area contributed by atoms with Crippen molar-refractivity contribution in [3.8, 4) is 0 Å². The predicted octanol–water partition coefficient (Wildman–Crippen LogP) is 3.21. The highest BCUT2D eigenvalue weighted by atomic mass is 15.3. The molecule has 0 aromatic heterocycles. The van der Waals surface area contributed by atoms with Gasteiger partial charge in [0.05, 0.1) is 0 Å². The van der Waals surface area contributed by atoms with Crippen LogP contribution in [-0.2, 0) is 0 Å². The van der Waals surface area contributed by atoms with Crippen molar-refractivity contribution in [1.82, 2.24) is 4.90 Å². The molecule has 5 atom stereocenters. The molecule has 84 valence electrons. The topological polar surface area (TPSA) is 3.24 Å². The summed E-state index contributed by atoms with van der Waals surface area (Å²) in [5.74, 6) is 1.83. The molecule has 0 spiro atoms. The standard InChI is InChI=1S/C14H23N/c1-9-6-12-4-5-13-10(2)8-11(3)14(7-9)15(12)13/h6,10-14H,4-5,7-8H2,1-3H3. The van der Waals surface area contributed by atoms with Gasteiger partial charge >= 0.3 is 0 Å². The third-order valence-corrected chi connectivity index (χ3v) is 4.97. The first-order valence-electron chi connectivity index (χ1n) is 6.61. The summed E-state index contributed by atoms with van der Waals surface area (Å²) in [5.41, 5.74) is 1.64. The molecule has 3 aliphatic heterocycles. The monoisotopic (exact) mass is 205 g/mol. The van der Waals surface area contributed by atoms with E-state index in [2.05, 4.69) is 31.7 Å². The molecule has 2 saturated heterocycles. The van der Waals surface area contributed by atoms with Crippen LogP contribution >= 0.6 is 0 Å². The molecule has 0 aromatic rings. The van der Waals surface area contributed by atoms with Crippen molar-refractivity contribution in [3.63, 3.8) is 0 Å². The zero-order chi connectivity index (χ0) is 10.6. The highest BCUT2D eigenvalue weighted by Gasteiger charge is 2.46. The molecule has 0 amide bonds. The lowest BCUT2D eigenvalue weighted by atomic mass is 9.77. The molecule has 5 unspecified atom stereocenters. The Hall–Kier alpha value is -0.300. The van der Waals surface area contributed by atoms with Gasteiger partial charge < -0.3 is 0 Å². The minimum absolute atomic E-state index is 0.791. The largest absolute Gasteiger partial charge is 0.290 e. The Bertz CT molecular complexity index is 294. The van der Waals surface area contributed by atoms with E-state index in [0.717, 1.165) is 30.0 Å². The van der Waals surface area contributed by atoms with E-state index >= 15 is 0 Å². The van der Waals surface area contributed by atoms with Crippen LogP contribution in [0.2, 0.25) is 0 Å². The van der Waals surface area contributed by atoms with Crippen LogP contribution in [-0.4, -0.2) is 23.0 Å².